The highest BCUT2D eigenvalue weighted by Crippen LogP contribution is 2.30. The van der Waals surface area contributed by atoms with Crippen LogP contribution in [0.3, 0.4) is 0 Å². The van der Waals surface area contributed by atoms with Gasteiger partial charge in [0.25, 0.3) is 0 Å². The number of carbonyl (C=O) groups excluding carboxylic acids is 1. The van der Waals surface area contributed by atoms with Gasteiger partial charge in [-0.05, 0) is 51.7 Å². The van der Waals surface area contributed by atoms with Crippen molar-refractivity contribution in [2.45, 2.75) is 57.7 Å². The van der Waals surface area contributed by atoms with E-state index >= 15 is 0 Å². The van der Waals surface area contributed by atoms with Gasteiger partial charge in [0.2, 0.25) is 0 Å². The largest absolute Gasteiger partial charge is 0.460 e. The Hall–Kier alpha value is -2.21. The molecule has 1 saturated carbocycles. The van der Waals surface area contributed by atoms with Gasteiger partial charge < -0.3 is 15.0 Å². The van der Waals surface area contributed by atoms with Gasteiger partial charge in [0, 0.05) is 48.0 Å². The monoisotopic (exact) mass is 354 g/mol. The quantitative estimate of drug-likeness (QED) is 0.852. The third kappa shape index (κ3) is 3.38. The Bertz CT molecular complexity index is 794. The van der Waals surface area contributed by atoms with Crippen LogP contribution in [0.2, 0.25) is 0 Å². The molecule has 1 saturated heterocycles. The zero-order valence-corrected chi connectivity index (χ0v) is 15.4. The summed E-state index contributed by atoms with van der Waals surface area (Å²) in [5, 5.41) is 4.46. The molecule has 6 heteroatoms. The molecule has 0 amide bonds. The first-order valence-corrected chi connectivity index (χ1v) is 9.56. The second kappa shape index (κ2) is 7.19. The second-order valence-corrected chi connectivity index (χ2v) is 7.60. The van der Waals surface area contributed by atoms with Gasteiger partial charge in [-0.1, -0.05) is 0 Å². The van der Waals surface area contributed by atoms with Gasteiger partial charge in [0.15, 0.2) is 6.29 Å². The predicted molar refractivity (Wildman–Crippen MR) is 102 cm³/mol. The SMILES string of the molecule is CC1CN(c2ccc(C=O)c3nc(OC4CCCC4)ncc23)C[C@@H](C)N1. The van der Waals surface area contributed by atoms with Crippen molar-refractivity contribution < 1.29 is 9.53 Å². The third-order valence-electron chi connectivity index (χ3n) is 5.34. The second-order valence-electron chi connectivity index (χ2n) is 7.60. The van der Waals surface area contributed by atoms with Crippen molar-refractivity contribution in [3.8, 4) is 6.01 Å². The van der Waals surface area contributed by atoms with Crippen molar-refractivity contribution in [3.05, 3.63) is 23.9 Å². The maximum absolute atomic E-state index is 11.5. The number of nitrogens with zero attached hydrogens (tertiary/aromatic N) is 3. The Morgan fingerprint density at radius 3 is 2.62 bits per heavy atom. The van der Waals surface area contributed by atoms with E-state index in [1.165, 1.54) is 12.8 Å². The van der Waals surface area contributed by atoms with E-state index in [1.807, 2.05) is 18.3 Å². The van der Waals surface area contributed by atoms with Crippen LogP contribution in [-0.4, -0.2) is 47.5 Å². The van der Waals surface area contributed by atoms with Crippen molar-refractivity contribution in [3.63, 3.8) is 0 Å². The number of carbonyl (C=O) groups is 1. The topological polar surface area (TPSA) is 67.4 Å². The number of piperazine rings is 1. The maximum Gasteiger partial charge on any atom is 0.317 e. The van der Waals surface area contributed by atoms with Gasteiger partial charge in [-0.15, -0.1) is 0 Å². The number of nitrogens with one attached hydrogen (secondary N) is 1. The van der Waals surface area contributed by atoms with Gasteiger partial charge in [-0.25, -0.2) is 4.98 Å². The fourth-order valence-corrected chi connectivity index (χ4v) is 4.22. The molecule has 1 unspecified atom stereocenters. The molecule has 2 aromatic rings. The van der Waals surface area contributed by atoms with Gasteiger partial charge in [-0.3, -0.25) is 4.79 Å². The molecule has 6 nitrogen and oxygen atoms in total. The van der Waals surface area contributed by atoms with Crippen molar-refractivity contribution in [1.82, 2.24) is 15.3 Å². The molecular weight excluding hydrogens is 328 g/mol. The first kappa shape index (κ1) is 17.2. The fraction of sp³-hybridized carbons (Fsp3) is 0.550. The van der Waals surface area contributed by atoms with Crippen LogP contribution in [0.4, 0.5) is 5.69 Å². The van der Waals surface area contributed by atoms with E-state index in [-0.39, 0.29) is 6.10 Å². The highest BCUT2D eigenvalue weighted by molar-refractivity contribution is 6.01. The lowest BCUT2D eigenvalue weighted by Gasteiger charge is -2.38. The summed E-state index contributed by atoms with van der Waals surface area (Å²) in [6.07, 6.45) is 7.37. The van der Waals surface area contributed by atoms with Crippen LogP contribution in [0.1, 0.15) is 49.9 Å². The highest BCUT2D eigenvalue weighted by atomic mass is 16.5. The number of aldehydes is 1. The molecule has 4 rings (SSSR count). The van der Waals surface area contributed by atoms with Crippen LogP contribution in [0.5, 0.6) is 6.01 Å². The standard InChI is InChI=1S/C20H26N4O2/c1-13-10-24(11-14(2)22-13)18-8-7-15(12-25)19-17(18)9-21-20(23-19)26-16-5-3-4-6-16/h7-9,12-14,16,22H,3-6,10-11H2,1-2H3/t13-,14?/m1/s1. The predicted octanol–water partition coefficient (Wildman–Crippen LogP) is 2.95. The number of anilines is 1. The lowest BCUT2D eigenvalue weighted by molar-refractivity contribution is 0.112. The molecule has 26 heavy (non-hydrogen) atoms. The molecule has 1 aromatic heterocycles. The van der Waals surface area contributed by atoms with Gasteiger partial charge in [-0.2, -0.15) is 4.98 Å². The number of hydrogen-bond acceptors (Lipinski definition) is 6. The fourth-order valence-electron chi connectivity index (χ4n) is 4.22. The smallest absolute Gasteiger partial charge is 0.317 e. The molecule has 2 fully saturated rings. The summed E-state index contributed by atoms with van der Waals surface area (Å²) >= 11 is 0. The Kier molecular flexibility index (Phi) is 4.76. The molecule has 1 aliphatic heterocycles. The summed E-state index contributed by atoms with van der Waals surface area (Å²) in [5.41, 5.74) is 2.34. The lowest BCUT2D eigenvalue weighted by Crippen LogP contribution is -2.54. The van der Waals surface area contributed by atoms with Crippen molar-refractivity contribution in [2.75, 3.05) is 18.0 Å². The minimum Gasteiger partial charge on any atom is -0.460 e. The average molecular weight is 354 g/mol. The zero-order chi connectivity index (χ0) is 18.1. The zero-order valence-electron chi connectivity index (χ0n) is 15.4. The summed E-state index contributed by atoms with van der Waals surface area (Å²) in [5.74, 6) is 0. The minimum atomic E-state index is 0.199. The number of benzene rings is 1. The van der Waals surface area contributed by atoms with Crippen LogP contribution < -0.4 is 15.0 Å². The maximum atomic E-state index is 11.5. The molecule has 138 valence electrons. The molecular formula is C20H26N4O2. The molecule has 2 heterocycles. The van der Waals surface area contributed by atoms with Crippen LogP contribution in [0.15, 0.2) is 18.3 Å². The minimum absolute atomic E-state index is 0.199. The van der Waals surface area contributed by atoms with Crippen molar-refractivity contribution in [1.29, 1.82) is 0 Å². The highest BCUT2D eigenvalue weighted by Gasteiger charge is 2.24. The molecule has 2 atom stereocenters. The first-order chi connectivity index (χ1) is 12.6. The number of rotatable bonds is 4. The van der Waals surface area contributed by atoms with E-state index in [1.54, 1.807) is 0 Å². The molecule has 1 N–H and O–H groups in total. The Labute approximate surface area is 154 Å². The summed E-state index contributed by atoms with van der Waals surface area (Å²) in [7, 11) is 0. The Morgan fingerprint density at radius 2 is 1.92 bits per heavy atom. The van der Waals surface area contributed by atoms with E-state index in [0.717, 1.165) is 43.3 Å². The summed E-state index contributed by atoms with van der Waals surface area (Å²) in [6, 6.07) is 5.06. The average Bonchev–Trinajstić information content (AvgIpc) is 3.13. The van der Waals surface area contributed by atoms with E-state index < -0.39 is 0 Å². The molecule has 1 aliphatic carbocycles. The molecule has 0 bridgehead atoms. The summed E-state index contributed by atoms with van der Waals surface area (Å²) in [6.45, 7) is 6.21. The van der Waals surface area contributed by atoms with Crippen LogP contribution in [0.25, 0.3) is 10.9 Å². The molecule has 0 radical (unpaired) electrons. The van der Waals surface area contributed by atoms with Crippen LogP contribution >= 0.6 is 0 Å². The number of ether oxygens (including phenoxy) is 1. The number of fused-ring (bicyclic) bond motifs is 1. The number of aromatic nitrogens is 2. The van der Waals surface area contributed by atoms with Gasteiger partial charge in [0.1, 0.15) is 6.10 Å². The first-order valence-electron chi connectivity index (χ1n) is 9.56. The van der Waals surface area contributed by atoms with Crippen LogP contribution in [-0.2, 0) is 0 Å². The van der Waals surface area contributed by atoms with E-state index in [0.29, 0.717) is 29.2 Å². The lowest BCUT2D eigenvalue weighted by atomic mass is 10.1. The third-order valence-corrected chi connectivity index (χ3v) is 5.34. The molecule has 0 spiro atoms. The number of hydrogen-bond donors (Lipinski definition) is 1. The normalized spacial score (nSPS) is 24.2. The Morgan fingerprint density at radius 1 is 1.19 bits per heavy atom. The van der Waals surface area contributed by atoms with Gasteiger partial charge >= 0.3 is 6.01 Å². The van der Waals surface area contributed by atoms with E-state index in [2.05, 4.69) is 34.0 Å². The molecule has 1 aromatic carbocycles. The summed E-state index contributed by atoms with van der Waals surface area (Å²) < 4.78 is 5.94. The van der Waals surface area contributed by atoms with Crippen molar-refractivity contribution in [2.24, 2.45) is 0 Å². The Balaban J connectivity index is 1.71. The van der Waals surface area contributed by atoms with Crippen molar-refractivity contribution >= 4 is 22.9 Å². The van der Waals surface area contributed by atoms with Crippen LogP contribution in [0, 0.1) is 0 Å². The van der Waals surface area contributed by atoms with E-state index in [4.69, 9.17) is 4.74 Å². The molecule has 2 aliphatic rings. The summed E-state index contributed by atoms with van der Waals surface area (Å²) in [4.78, 5) is 22.9. The van der Waals surface area contributed by atoms with Gasteiger partial charge in [0.05, 0.1) is 5.52 Å². The van der Waals surface area contributed by atoms with E-state index in [9.17, 15) is 4.79 Å².